The molecule has 1 aliphatic heterocycles. The number of likely N-dealkylation sites (tertiary alicyclic amines) is 1. The molecule has 0 aromatic carbocycles. The van der Waals surface area contributed by atoms with E-state index in [4.69, 9.17) is 5.73 Å². The second-order valence-electron chi connectivity index (χ2n) is 5.17. The van der Waals surface area contributed by atoms with Gasteiger partial charge < -0.3 is 10.6 Å². The molecule has 0 aromatic heterocycles. The predicted molar refractivity (Wildman–Crippen MR) is 66.5 cm³/mol. The maximum Gasteiger partial charge on any atom is 0.401 e. The van der Waals surface area contributed by atoms with E-state index in [0.717, 1.165) is 6.42 Å². The molecule has 1 rings (SSSR count). The largest absolute Gasteiger partial charge is 0.401 e. The number of rotatable bonds is 5. The minimum Gasteiger partial charge on any atom is -0.341 e. The summed E-state index contributed by atoms with van der Waals surface area (Å²) in [4.78, 5) is 14.7. The van der Waals surface area contributed by atoms with Crippen molar-refractivity contribution in [2.45, 2.75) is 32.5 Å². The van der Waals surface area contributed by atoms with Gasteiger partial charge in [0.05, 0.1) is 12.6 Å². The van der Waals surface area contributed by atoms with Crippen LogP contribution in [0.1, 0.15) is 20.3 Å². The number of nitrogens with zero attached hydrogens (tertiary/aromatic N) is 2. The van der Waals surface area contributed by atoms with Crippen molar-refractivity contribution < 1.29 is 18.0 Å². The molecule has 2 N–H and O–H groups in total. The summed E-state index contributed by atoms with van der Waals surface area (Å²) in [5.74, 6) is -0.0219. The fraction of sp³-hybridized carbons (Fsp3) is 0.917. The highest BCUT2D eigenvalue weighted by atomic mass is 19.4. The van der Waals surface area contributed by atoms with Crippen LogP contribution in [0, 0.1) is 5.92 Å². The molecular weight excluding hydrogens is 259 g/mol. The minimum atomic E-state index is -4.17. The summed E-state index contributed by atoms with van der Waals surface area (Å²) in [5, 5.41) is 0. The maximum atomic E-state index is 12.4. The van der Waals surface area contributed by atoms with Crippen LogP contribution in [-0.2, 0) is 4.79 Å². The summed E-state index contributed by atoms with van der Waals surface area (Å²) in [6, 6.07) is -0.545. The SMILES string of the molecule is CCN(CC1CCN(C(=O)C(C)N)C1)CC(F)(F)F. The zero-order valence-corrected chi connectivity index (χ0v) is 11.4. The first-order chi connectivity index (χ1) is 8.73. The molecule has 19 heavy (non-hydrogen) atoms. The Morgan fingerprint density at radius 3 is 2.63 bits per heavy atom. The third-order valence-electron chi connectivity index (χ3n) is 3.35. The van der Waals surface area contributed by atoms with Crippen molar-refractivity contribution in [1.29, 1.82) is 0 Å². The Morgan fingerprint density at radius 1 is 1.53 bits per heavy atom. The summed E-state index contributed by atoms with van der Waals surface area (Å²) in [6.45, 7) is 4.28. The molecule has 1 saturated heterocycles. The van der Waals surface area contributed by atoms with Crippen molar-refractivity contribution in [3.63, 3.8) is 0 Å². The highest BCUT2D eigenvalue weighted by molar-refractivity contribution is 5.81. The van der Waals surface area contributed by atoms with Gasteiger partial charge in [0, 0.05) is 19.6 Å². The van der Waals surface area contributed by atoms with Gasteiger partial charge in [0.2, 0.25) is 5.91 Å². The number of hydrogen-bond donors (Lipinski definition) is 1. The highest BCUT2D eigenvalue weighted by Gasteiger charge is 2.33. The Labute approximate surface area is 111 Å². The van der Waals surface area contributed by atoms with Crippen LogP contribution in [0.25, 0.3) is 0 Å². The molecule has 112 valence electrons. The first kappa shape index (κ1) is 16.2. The van der Waals surface area contributed by atoms with Crippen LogP contribution in [0.5, 0.6) is 0 Å². The molecule has 2 unspecified atom stereocenters. The Hall–Kier alpha value is -0.820. The highest BCUT2D eigenvalue weighted by Crippen LogP contribution is 2.21. The number of carbonyl (C=O) groups excluding carboxylic acids is 1. The summed E-state index contributed by atoms with van der Waals surface area (Å²) in [6.07, 6.45) is -3.43. The zero-order chi connectivity index (χ0) is 14.6. The second-order valence-corrected chi connectivity index (χ2v) is 5.17. The molecule has 0 aromatic rings. The van der Waals surface area contributed by atoms with Gasteiger partial charge in [0.1, 0.15) is 0 Å². The zero-order valence-electron chi connectivity index (χ0n) is 11.4. The number of hydrogen-bond acceptors (Lipinski definition) is 3. The number of nitrogens with two attached hydrogens (primary N) is 1. The molecule has 0 saturated carbocycles. The summed E-state index contributed by atoms with van der Waals surface area (Å²) in [5.41, 5.74) is 5.52. The first-order valence-electron chi connectivity index (χ1n) is 6.56. The number of halogens is 3. The summed E-state index contributed by atoms with van der Waals surface area (Å²) < 4.78 is 37.1. The van der Waals surface area contributed by atoms with Crippen molar-refractivity contribution in [3.05, 3.63) is 0 Å². The Bertz CT molecular complexity index is 307. The quantitative estimate of drug-likeness (QED) is 0.820. The molecule has 0 spiro atoms. The average Bonchev–Trinajstić information content (AvgIpc) is 2.73. The maximum absolute atomic E-state index is 12.4. The summed E-state index contributed by atoms with van der Waals surface area (Å²) in [7, 11) is 0. The molecule has 7 heteroatoms. The van der Waals surface area contributed by atoms with E-state index in [2.05, 4.69) is 0 Å². The lowest BCUT2D eigenvalue weighted by molar-refractivity contribution is -0.146. The van der Waals surface area contributed by atoms with Crippen LogP contribution >= 0.6 is 0 Å². The standard InChI is InChI=1S/C12H22F3N3O/c1-3-17(8-12(13,14)15)6-10-4-5-18(7-10)11(19)9(2)16/h9-10H,3-8,16H2,1-2H3. The normalized spacial score (nSPS) is 22.1. The molecule has 2 atom stereocenters. The van der Waals surface area contributed by atoms with Crippen molar-refractivity contribution in [2.24, 2.45) is 11.7 Å². The third-order valence-corrected chi connectivity index (χ3v) is 3.35. The van der Waals surface area contributed by atoms with Crippen LogP contribution in [0.2, 0.25) is 0 Å². The van der Waals surface area contributed by atoms with Gasteiger partial charge in [-0.2, -0.15) is 13.2 Å². The molecule has 1 amide bonds. The Morgan fingerprint density at radius 2 is 2.16 bits per heavy atom. The summed E-state index contributed by atoms with van der Waals surface area (Å²) >= 11 is 0. The van der Waals surface area contributed by atoms with E-state index in [9.17, 15) is 18.0 Å². The van der Waals surface area contributed by atoms with Crippen LogP contribution in [0.4, 0.5) is 13.2 Å². The van der Waals surface area contributed by atoms with E-state index >= 15 is 0 Å². The van der Waals surface area contributed by atoms with Gasteiger partial charge >= 0.3 is 6.18 Å². The topological polar surface area (TPSA) is 49.6 Å². The number of alkyl halides is 3. The minimum absolute atomic E-state index is 0.102. The molecule has 4 nitrogen and oxygen atoms in total. The van der Waals surface area contributed by atoms with Gasteiger partial charge in [-0.1, -0.05) is 6.92 Å². The van der Waals surface area contributed by atoms with Crippen molar-refractivity contribution in [1.82, 2.24) is 9.80 Å². The van der Waals surface area contributed by atoms with Crippen LogP contribution in [0.3, 0.4) is 0 Å². The van der Waals surface area contributed by atoms with Gasteiger partial charge in [0.25, 0.3) is 0 Å². The lowest BCUT2D eigenvalue weighted by atomic mass is 10.1. The van der Waals surface area contributed by atoms with Gasteiger partial charge in [-0.3, -0.25) is 9.69 Å². The average molecular weight is 281 g/mol. The van der Waals surface area contributed by atoms with E-state index in [-0.39, 0.29) is 11.8 Å². The monoisotopic (exact) mass is 281 g/mol. The fourth-order valence-electron chi connectivity index (χ4n) is 2.39. The van der Waals surface area contributed by atoms with E-state index in [1.54, 1.807) is 18.7 Å². The molecule has 1 aliphatic rings. The van der Waals surface area contributed by atoms with E-state index in [0.29, 0.717) is 26.2 Å². The molecule has 1 fully saturated rings. The van der Waals surface area contributed by atoms with Crippen LogP contribution < -0.4 is 5.73 Å². The second kappa shape index (κ2) is 6.56. The van der Waals surface area contributed by atoms with Gasteiger partial charge in [0.15, 0.2) is 0 Å². The molecular formula is C12H22F3N3O. The number of carbonyl (C=O) groups is 1. The molecule has 1 heterocycles. The smallest absolute Gasteiger partial charge is 0.341 e. The third kappa shape index (κ3) is 5.36. The van der Waals surface area contributed by atoms with Gasteiger partial charge in [-0.25, -0.2) is 0 Å². The van der Waals surface area contributed by atoms with Gasteiger partial charge in [-0.15, -0.1) is 0 Å². The van der Waals surface area contributed by atoms with E-state index in [1.165, 1.54) is 4.90 Å². The van der Waals surface area contributed by atoms with Crippen LogP contribution in [-0.4, -0.2) is 60.6 Å². The molecule has 0 radical (unpaired) electrons. The lowest BCUT2D eigenvalue weighted by Gasteiger charge is -2.25. The van der Waals surface area contributed by atoms with E-state index in [1.807, 2.05) is 0 Å². The Kier molecular flexibility index (Phi) is 5.61. The van der Waals surface area contributed by atoms with Crippen LogP contribution in [0.15, 0.2) is 0 Å². The van der Waals surface area contributed by atoms with Crippen molar-refractivity contribution in [2.75, 3.05) is 32.7 Å². The number of amides is 1. The fourth-order valence-corrected chi connectivity index (χ4v) is 2.39. The van der Waals surface area contributed by atoms with Gasteiger partial charge in [-0.05, 0) is 25.8 Å². The predicted octanol–water partition coefficient (Wildman–Crippen LogP) is 1.07. The molecule has 0 bridgehead atoms. The van der Waals surface area contributed by atoms with Crippen molar-refractivity contribution in [3.8, 4) is 0 Å². The Balaban J connectivity index is 2.44. The van der Waals surface area contributed by atoms with E-state index < -0.39 is 18.8 Å². The molecule has 0 aliphatic carbocycles. The van der Waals surface area contributed by atoms with Crippen molar-refractivity contribution >= 4 is 5.91 Å². The first-order valence-corrected chi connectivity index (χ1v) is 6.56. The lowest BCUT2D eigenvalue weighted by Crippen LogP contribution is -2.42.